The molecule has 7 heteroatoms. The summed E-state index contributed by atoms with van der Waals surface area (Å²) in [5.41, 5.74) is 9.34. The summed E-state index contributed by atoms with van der Waals surface area (Å²) in [5.74, 6) is -0.436. The summed E-state index contributed by atoms with van der Waals surface area (Å²) >= 11 is -2.68. The Labute approximate surface area is 48.0 Å². The van der Waals surface area contributed by atoms with Gasteiger partial charge in [-0.3, -0.25) is 0 Å². The number of nitrogens with two attached hydrogens (primary N) is 2. The third kappa shape index (κ3) is 5.18. The first-order chi connectivity index (χ1) is 3.63. The lowest BCUT2D eigenvalue weighted by atomic mass is 11.1. The van der Waals surface area contributed by atoms with Crippen molar-refractivity contribution >= 4 is 17.3 Å². The number of hydrogen-bond acceptors (Lipinski definition) is 4. The summed E-state index contributed by atoms with van der Waals surface area (Å²) < 4.78 is 22.5. The molecule has 0 heterocycles. The average molecular weight is 138 g/mol. The maximum absolute atomic E-state index is 9.46. The van der Waals surface area contributed by atoms with Gasteiger partial charge in [-0.15, -0.1) is 0 Å². The van der Waals surface area contributed by atoms with Gasteiger partial charge >= 0.3 is 0 Å². The van der Waals surface area contributed by atoms with Crippen molar-refractivity contribution in [2.24, 2.45) is 16.6 Å². The maximum Gasteiger partial charge on any atom is 0.229 e. The Balaban J connectivity index is 3.45. The Kier molecular flexibility index (Phi) is 2.89. The van der Waals surface area contributed by atoms with Crippen LogP contribution in [0.5, 0.6) is 0 Å². The van der Waals surface area contributed by atoms with E-state index < -0.39 is 17.3 Å². The molecule has 1 atom stereocenters. The molecule has 0 aromatic rings. The number of oxime groups is 1. The van der Waals surface area contributed by atoms with E-state index in [1.54, 1.807) is 0 Å². The van der Waals surface area contributed by atoms with Gasteiger partial charge in [-0.25, -0.2) is 4.21 Å². The molecule has 6 nitrogen and oxygen atoms in total. The Hall–Kier alpha value is -0.820. The van der Waals surface area contributed by atoms with Crippen molar-refractivity contribution in [2.75, 3.05) is 0 Å². The molecular weight excluding hydrogens is 134 g/mol. The van der Waals surface area contributed by atoms with Crippen molar-refractivity contribution < 1.29 is 13.0 Å². The molecule has 0 rings (SSSR count). The van der Waals surface area contributed by atoms with Crippen LogP contribution >= 0.6 is 0 Å². The van der Waals surface area contributed by atoms with Gasteiger partial charge < -0.3 is 20.3 Å². The van der Waals surface area contributed by atoms with E-state index in [9.17, 15) is 8.76 Å². The van der Waals surface area contributed by atoms with Crippen LogP contribution in [-0.2, 0) is 15.6 Å². The molecule has 48 valence electrons. The molecule has 4 N–H and O–H groups in total. The predicted octanol–water partition coefficient (Wildman–Crippen LogP) is -2.01. The van der Waals surface area contributed by atoms with Crippen LogP contribution in [-0.4, -0.2) is 14.7 Å². The second kappa shape index (κ2) is 3.22. The van der Waals surface area contributed by atoms with Crippen molar-refractivity contribution in [2.45, 2.75) is 0 Å². The highest BCUT2D eigenvalue weighted by molar-refractivity contribution is 7.74. The van der Waals surface area contributed by atoms with Crippen molar-refractivity contribution in [3.63, 3.8) is 0 Å². The average Bonchev–Trinajstić information content (AvgIpc) is 1.61. The molecule has 0 aliphatic heterocycles. The van der Waals surface area contributed by atoms with Gasteiger partial charge in [0, 0.05) is 0 Å². The molecule has 0 aliphatic carbocycles. The first kappa shape index (κ1) is 7.18. The molecule has 0 spiro atoms. The molecule has 0 saturated carbocycles. The van der Waals surface area contributed by atoms with Gasteiger partial charge in [-0.2, -0.15) is 0 Å². The Morgan fingerprint density at radius 2 is 2.25 bits per heavy atom. The van der Waals surface area contributed by atoms with Gasteiger partial charge in [0.15, 0.2) is 11.4 Å². The van der Waals surface area contributed by atoms with Crippen LogP contribution in [0.15, 0.2) is 5.16 Å². The fourth-order valence-corrected chi connectivity index (χ4v) is 0.220. The molecule has 8 heavy (non-hydrogen) atoms. The molecular formula is CH4N3O3S-. The first-order valence-electron chi connectivity index (χ1n) is 1.48. The second-order valence-electron chi connectivity index (χ2n) is 0.795. The van der Waals surface area contributed by atoms with Gasteiger partial charge in [0.2, 0.25) is 5.96 Å². The van der Waals surface area contributed by atoms with E-state index in [4.69, 9.17) is 0 Å². The molecule has 0 bridgehead atoms. The summed E-state index contributed by atoms with van der Waals surface area (Å²) in [6.45, 7) is 0. The van der Waals surface area contributed by atoms with Crippen LogP contribution in [0.3, 0.4) is 0 Å². The first-order valence-corrected chi connectivity index (χ1v) is 2.48. The molecule has 0 radical (unpaired) electrons. The van der Waals surface area contributed by atoms with E-state index in [1.165, 1.54) is 0 Å². The smallest absolute Gasteiger partial charge is 0.229 e. The van der Waals surface area contributed by atoms with Crippen LogP contribution in [0.25, 0.3) is 0 Å². The topological polar surface area (TPSA) is 114 Å². The largest absolute Gasteiger partial charge is 0.738 e. The second-order valence-corrected chi connectivity index (χ2v) is 1.35. The molecule has 1 unspecified atom stereocenters. The highest BCUT2D eigenvalue weighted by Crippen LogP contribution is 1.75. The zero-order chi connectivity index (χ0) is 6.57. The van der Waals surface area contributed by atoms with Crippen molar-refractivity contribution in [3.05, 3.63) is 0 Å². The van der Waals surface area contributed by atoms with E-state index in [-0.39, 0.29) is 0 Å². The van der Waals surface area contributed by atoms with Gasteiger partial charge in [-0.05, 0) is 5.16 Å². The molecule has 0 aliphatic rings. The lowest BCUT2D eigenvalue weighted by Gasteiger charge is -1.97. The molecule has 0 amide bonds. The van der Waals surface area contributed by atoms with Crippen LogP contribution in [0, 0.1) is 0 Å². The molecule has 0 fully saturated rings. The molecule has 0 aromatic carbocycles. The minimum absolute atomic E-state index is 0.436. The fourth-order valence-electron chi connectivity index (χ4n) is 0.0735. The van der Waals surface area contributed by atoms with Gasteiger partial charge in [0.1, 0.15) is 0 Å². The lowest BCUT2D eigenvalue weighted by Crippen LogP contribution is -2.22. The van der Waals surface area contributed by atoms with Crippen LogP contribution in [0.1, 0.15) is 0 Å². The van der Waals surface area contributed by atoms with Crippen LogP contribution < -0.4 is 11.5 Å². The fraction of sp³-hybridized carbons (Fsp3) is 0. The number of hydrogen-bond donors (Lipinski definition) is 2. The normalized spacial score (nSPS) is 12.1. The number of guanidine groups is 1. The predicted molar refractivity (Wildman–Crippen MR) is 25.8 cm³/mol. The SMILES string of the molecule is NC(N)=NOS(=O)[O-]. The van der Waals surface area contributed by atoms with Crippen LogP contribution in [0.4, 0.5) is 0 Å². The number of rotatable bonds is 2. The quantitative estimate of drug-likeness (QED) is 0.198. The Morgan fingerprint density at radius 3 is 2.38 bits per heavy atom. The van der Waals surface area contributed by atoms with E-state index in [0.29, 0.717) is 0 Å². The van der Waals surface area contributed by atoms with Crippen molar-refractivity contribution in [1.29, 1.82) is 0 Å². The number of nitrogens with zero attached hydrogens (tertiary/aromatic N) is 1. The van der Waals surface area contributed by atoms with E-state index in [2.05, 4.69) is 20.9 Å². The van der Waals surface area contributed by atoms with Crippen molar-refractivity contribution in [3.8, 4) is 0 Å². The molecule has 0 saturated heterocycles. The van der Waals surface area contributed by atoms with E-state index in [0.717, 1.165) is 0 Å². The van der Waals surface area contributed by atoms with Gasteiger partial charge in [0.05, 0.1) is 0 Å². The summed E-state index contributed by atoms with van der Waals surface area (Å²) in [5, 5.41) is 2.68. The standard InChI is InChI=1S/CH5N3O3S/c2-1(3)4-7-8(5)6/h(H,5,6)(H4,2,3,4)/p-1. The minimum Gasteiger partial charge on any atom is -0.738 e. The van der Waals surface area contributed by atoms with Crippen molar-refractivity contribution in [1.82, 2.24) is 0 Å². The highest BCUT2D eigenvalue weighted by Gasteiger charge is 1.77. The van der Waals surface area contributed by atoms with E-state index in [1.807, 2.05) is 0 Å². The summed E-state index contributed by atoms with van der Waals surface area (Å²) in [4.78, 5) is 0. The Bertz CT molecular complexity index is 118. The minimum atomic E-state index is -2.68. The summed E-state index contributed by atoms with van der Waals surface area (Å²) in [7, 11) is 0. The third-order valence-corrected chi connectivity index (χ3v) is 0.400. The summed E-state index contributed by atoms with van der Waals surface area (Å²) in [6, 6.07) is 0. The lowest BCUT2D eigenvalue weighted by molar-refractivity contribution is 0.317. The third-order valence-electron chi connectivity index (χ3n) is 0.204. The van der Waals surface area contributed by atoms with E-state index >= 15 is 0 Å². The molecule has 0 aromatic heterocycles. The van der Waals surface area contributed by atoms with Crippen LogP contribution in [0.2, 0.25) is 0 Å². The van der Waals surface area contributed by atoms with Gasteiger partial charge in [0.25, 0.3) is 0 Å². The van der Waals surface area contributed by atoms with Gasteiger partial charge in [-0.1, -0.05) is 0 Å². The zero-order valence-corrected chi connectivity index (χ0v) is 4.55. The zero-order valence-electron chi connectivity index (χ0n) is 3.73. The Morgan fingerprint density at radius 1 is 1.75 bits per heavy atom. The monoisotopic (exact) mass is 138 g/mol. The highest BCUT2D eigenvalue weighted by atomic mass is 32.2. The summed E-state index contributed by atoms with van der Waals surface area (Å²) in [6.07, 6.45) is 0. The maximum atomic E-state index is 9.46.